The minimum Gasteiger partial charge on any atom is -0.481 e. The Kier molecular flexibility index (Phi) is 25.3. The van der Waals surface area contributed by atoms with E-state index < -0.39 is 41.8 Å². The molecular weight excluding hydrogens is 793 g/mol. The summed E-state index contributed by atoms with van der Waals surface area (Å²) in [6, 6.07) is 11.7. The molecule has 0 saturated carbocycles. The van der Waals surface area contributed by atoms with Gasteiger partial charge in [-0.2, -0.15) is 0 Å². The number of carboxylic acid groups (broad SMARTS) is 1. The number of hydrogen-bond acceptors (Lipinski definition) is 8. The number of hydrogen-bond donors (Lipinski definition) is 8. The van der Waals surface area contributed by atoms with Crippen molar-refractivity contribution in [3.8, 4) is 0 Å². The van der Waals surface area contributed by atoms with E-state index in [-0.39, 0.29) is 37.5 Å². The van der Waals surface area contributed by atoms with Gasteiger partial charge in [-0.1, -0.05) is 73.7 Å². The Hall–Kier alpha value is -6.58. The first kappa shape index (κ1) is 51.6. The first-order chi connectivity index (χ1) is 29.8. The number of amides is 7. The van der Waals surface area contributed by atoms with Crippen molar-refractivity contribution in [2.45, 2.75) is 116 Å². The Morgan fingerprint density at radius 1 is 0.742 bits per heavy atom. The van der Waals surface area contributed by atoms with Crippen molar-refractivity contribution in [3.63, 3.8) is 0 Å². The molecule has 9 N–H and O–H groups in total. The van der Waals surface area contributed by atoms with Gasteiger partial charge in [0, 0.05) is 49.6 Å². The molecule has 0 spiro atoms. The fraction of sp³-hybridized carbons (Fsp3) is 0.435. The topological polar surface area (TPSA) is 250 Å². The maximum atomic E-state index is 13.8. The molecule has 0 radical (unpaired) electrons. The number of primary amides is 1. The summed E-state index contributed by atoms with van der Waals surface area (Å²) in [6.07, 6.45) is 14.2. The Morgan fingerprint density at radius 2 is 1.37 bits per heavy atom. The average Bonchev–Trinajstić information content (AvgIpc) is 3.22. The van der Waals surface area contributed by atoms with Crippen LogP contribution >= 0.6 is 0 Å². The van der Waals surface area contributed by atoms with E-state index in [2.05, 4.69) is 43.6 Å². The molecular formula is C46H64N8O8. The maximum Gasteiger partial charge on any atom is 0.323 e. The number of aliphatic carboxylic acids is 1. The second-order valence-electron chi connectivity index (χ2n) is 14.9. The molecule has 0 fully saturated rings. The van der Waals surface area contributed by atoms with E-state index in [1.165, 1.54) is 12.3 Å². The van der Waals surface area contributed by atoms with E-state index in [0.717, 1.165) is 30.4 Å². The van der Waals surface area contributed by atoms with Crippen LogP contribution in [0.15, 0.2) is 89.6 Å². The number of urea groups is 1. The smallest absolute Gasteiger partial charge is 0.323 e. The Bertz CT molecular complexity index is 1880. The number of nitrogens with two attached hydrogens (primary N) is 1. The largest absolute Gasteiger partial charge is 0.481 e. The number of aryl methyl sites for hydroxylation is 1. The molecule has 62 heavy (non-hydrogen) atoms. The number of aliphatic imine (C=N–C) groups is 1. The van der Waals surface area contributed by atoms with Crippen molar-refractivity contribution in [1.82, 2.24) is 21.3 Å². The standard InChI is InChI=1S/C46H64N8O8/c1-33(16-15-29-48-3)23-28-41(56)49-30-14-12-20-39(52-42(57)32-35-24-26-36(27-25-35)51-46(62)54-37-18-9-8-17-34(37)2)45(61)53-38(19-10-11-22-43(58)59)44(60)50-31-13-6-4-5-7-21-40(47)55/h8-9,15-18,23-29,38-39H,3-7,10-14,19-22,30-32H2,1-2H3,(H2,47,55)(H,49,56)(H,50,60)(H,52,57)(H,53,61)(H,58,59)(H2,51,54,62)/b28-23+,29-15-,33-16+/t38-,39-/m0/s1. The molecule has 16 heteroatoms. The predicted molar refractivity (Wildman–Crippen MR) is 242 cm³/mol. The van der Waals surface area contributed by atoms with E-state index in [1.807, 2.05) is 32.0 Å². The van der Waals surface area contributed by atoms with Gasteiger partial charge in [0.1, 0.15) is 12.1 Å². The fourth-order valence-corrected chi connectivity index (χ4v) is 6.12. The highest BCUT2D eigenvalue weighted by molar-refractivity contribution is 6.00. The van der Waals surface area contributed by atoms with Crippen LogP contribution in [0.3, 0.4) is 0 Å². The number of para-hydroxylation sites is 1. The van der Waals surface area contributed by atoms with Gasteiger partial charge in [-0.3, -0.25) is 33.8 Å². The molecule has 0 aliphatic heterocycles. The van der Waals surface area contributed by atoms with Crippen molar-refractivity contribution in [2.24, 2.45) is 10.7 Å². The highest BCUT2D eigenvalue weighted by atomic mass is 16.4. The number of nitrogens with zero attached hydrogens (tertiary/aromatic N) is 1. The third-order valence-electron chi connectivity index (χ3n) is 9.55. The summed E-state index contributed by atoms with van der Waals surface area (Å²) >= 11 is 0. The molecule has 336 valence electrons. The van der Waals surface area contributed by atoms with Gasteiger partial charge in [0.2, 0.25) is 29.5 Å². The van der Waals surface area contributed by atoms with Crippen LogP contribution in [0.25, 0.3) is 0 Å². The SMILES string of the molecule is C=N\C=C/C=C(C)/C=C/C(=O)NCCCC[C@H](NC(=O)Cc1ccc(NC(=O)Nc2ccccc2C)cc1)C(=O)N[C@@H](CCCCC(=O)O)C(=O)NCCCCCCCC(N)=O. The number of rotatable bonds is 30. The first-order valence-corrected chi connectivity index (χ1v) is 21.1. The van der Waals surface area contributed by atoms with Gasteiger partial charge in [0.05, 0.1) is 6.42 Å². The van der Waals surface area contributed by atoms with Gasteiger partial charge in [-0.15, -0.1) is 0 Å². The second kappa shape index (κ2) is 30.4. The van der Waals surface area contributed by atoms with Gasteiger partial charge in [0.25, 0.3) is 0 Å². The van der Waals surface area contributed by atoms with Crippen molar-refractivity contribution >= 4 is 59.6 Å². The summed E-state index contributed by atoms with van der Waals surface area (Å²) < 4.78 is 0. The Morgan fingerprint density at radius 3 is 2.06 bits per heavy atom. The zero-order valence-electron chi connectivity index (χ0n) is 36.0. The van der Waals surface area contributed by atoms with E-state index in [9.17, 15) is 33.6 Å². The summed E-state index contributed by atoms with van der Waals surface area (Å²) in [6.45, 7) is 7.77. The van der Waals surface area contributed by atoms with Crippen molar-refractivity contribution in [1.29, 1.82) is 0 Å². The summed E-state index contributed by atoms with van der Waals surface area (Å²) in [5, 5.41) is 26.0. The van der Waals surface area contributed by atoms with Gasteiger partial charge in [-0.05, 0) is 101 Å². The quantitative estimate of drug-likeness (QED) is 0.0208. The van der Waals surface area contributed by atoms with Crippen LogP contribution in [-0.2, 0) is 35.2 Å². The normalized spacial score (nSPS) is 12.3. The van der Waals surface area contributed by atoms with Gasteiger partial charge < -0.3 is 42.7 Å². The highest BCUT2D eigenvalue weighted by Gasteiger charge is 2.26. The third kappa shape index (κ3) is 23.9. The minimum absolute atomic E-state index is 0.0722. The molecule has 2 rings (SSSR count). The number of unbranched alkanes of at least 4 members (excludes halogenated alkanes) is 6. The van der Waals surface area contributed by atoms with Crippen LogP contribution in [0.4, 0.5) is 16.2 Å². The van der Waals surface area contributed by atoms with Crippen LogP contribution < -0.4 is 37.6 Å². The number of allylic oxidation sites excluding steroid dienone is 4. The molecule has 0 saturated heterocycles. The molecule has 0 heterocycles. The molecule has 0 bridgehead atoms. The molecule has 0 unspecified atom stereocenters. The van der Waals surface area contributed by atoms with E-state index in [4.69, 9.17) is 10.8 Å². The molecule has 2 aromatic carbocycles. The first-order valence-electron chi connectivity index (χ1n) is 21.1. The maximum absolute atomic E-state index is 13.8. The minimum atomic E-state index is -1.02. The number of anilines is 2. The monoisotopic (exact) mass is 856 g/mol. The van der Waals surface area contributed by atoms with Crippen LogP contribution in [-0.4, -0.2) is 78.5 Å². The molecule has 16 nitrogen and oxygen atoms in total. The number of nitrogens with one attached hydrogen (secondary N) is 6. The molecule has 0 aromatic heterocycles. The van der Waals surface area contributed by atoms with Crippen LogP contribution in [0.2, 0.25) is 0 Å². The molecule has 7 amide bonds. The Balaban J connectivity index is 2.09. The predicted octanol–water partition coefficient (Wildman–Crippen LogP) is 5.74. The molecule has 2 aromatic rings. The zero-order chi connectivity index (χ0) is 45.5. The van der Waals surface area contributed by atoms with Gasteiger partial charge in [-0.25, -0.2) is 4.79 Å². The number of carbonyl (C=O) groups excluding carboxylic acids is 6. The number of benzene rings is 2. The third-order valence-corrected chi connectivity index (χ3v) is 9.55. The number of carboxylic acids is 1. The van der Waals surface area contributed by atoms with Crippen molar-refractivity contribution in [3.05, 3.63) is 95.7 Å². The zero-order valence-corrected chi connectivity index (χ0v) is 36.0. The van der Waals surface area contributed by atoms with Crippen molar-refractivity contribution < 1.29 is 38.7 Å². The van der Waals surface area contributed by atoms with Gasteiger partial charge >= 0.3 is 12.0 Å². The summed E-state index contributed by atoms with van der Waals surface area (Å²) in [5.74, 6) is -3.01. The lowest BCUT2D eigenvalue weighted by molar-refractivity contribution is -0.137. The lowest BCUT2D eigenvalue weighted by Gasteiger charge is -2.23. The van der Waals surface area contributed by atoms with Gasteiger partial charge in [0.15, 0.2) is 0 Å². The van der Waals surface area contributed by atoms with Crippen LogP contribution in [0, 0.1) is 6.92 Å². The summed E-state index contributed by atoms with van der Waals surface area (Å²) in [7, 11) is 0. The van der Waals surface area contributed by atoms with Crippen LogP contribution in [0.5, 0.6) is 0 Å². The lowest BCUT2D eigenvalue weighted by atomic mass is 10.0. The van der Waals surface area contributed by atoms with E-state index >= 15 is 0 Å². The highest BCUT2D eigenvalue weighted by Crippen LogP contribution is 2.16. The fourth-order valence-electron chi connectivity index (χ4n) is 6.12. The lowest BCUT2D eigenvalue weighted by Crippen LogP contribution is -2.54. The molecule has 0 aliphatic carbocycles. The summed E-state index contributed by atoms with van der Waals surface area (Å²) in [5.41, 5.74) is 8.76. The molecule has 2 atom stereocenters. The summed E-state index contributed by atoms with van der Waals surface area (Å²) in [4.78, 5) is 91.3. The average molecular weight is 857 g/mol. The van der Waals surface area contributed by atoms with E-state index in [1.54, 1.807) is 48.6 Å². The van der Waals surface area contributed by atoms with E-state index in [0.29, 0.717) is 75.0 Å². The van der Waals surface area contributed by atoms with Crippen molar-refractivity contribution in [2.75, 3.05) is 23.7 Å². The van der Waals surface area contributed by atoms with Crippen LogP contribution in [0.1, 0.15) is 102 Å². The Labute approximate surface area is 364 Å². The molecule has 0 aliphatic rings. The second-order valence-corrected chi connectivity index (χ2v) is 14.9. The number of carbonyl (C=O) groups is 7.